The molecule has 0 saturated heterocycles. The van der Waals surface area contributed by atoms with E-state index in [-0.39, 0.29) is 17.8 Å². The molecule has 0 bridgehead atoms. The van der Waals surface area contributed by atoms with Crippen molar-refractivity contribution in [3.63, 3.8) is 0 Å². The van der Waals surface area contributed by atoms with Crippen molar-refractivity contribution in [3.05, 3.63) is 58.1 Å². The van der Waals surface area contributed by atoms with Gasteiger partial charge < -0.3 is 9.47 Å². The van der Waals surface area contributed by atoms with Crippen LogP contribution in [0.4, 0.5) is 0 Å². The summed E-state index contributed by atoms with van der Waals surface area (Å²) in [7, 11) is 0. The van der Waals surface area contributed by atoms with Crippen molar-refractivity contribution < 1.29 is 19.1 Å². The molecule has 0 radical (unpaired) electrons. The van der Waals surface area contributed by atoms with Gasteiger partial charge in [0.25, 0.3) is 11.8 Å². The van der Waals surface area contributed by atoms with Crippen molar-refractivity contribution >= 4 is 45.1 Å². The van der Waals surface area contributed by atoms with Crippen LogP contribution < -0.4 is 25.6 Å². The molecular formula is C20H22BrN3O4S. The first-order valence-electron chi connectivity index (χ1n) is 8.80. The van der Waals surface area contributed by atoms with E-state index in [0.717, 1.165) is 10.0 Å². The fraction of sp³-hybridized carbons (Fsp3) is 0.250. The van der Waals surface area contributed by atoms with Crippen molar-refractivity contribution in [1.29, 1.82) is 0 Å². The molecular weight excluding hydrogens is 458 g/mol. The maximum atomic E-state index is 12.3. The minimum Gasteiger partial charge on any atom is -0.491 e. The Morgan fingerprint density at radius 1 is 1.14 bits per heavy atom. The highest BCUT2D eigenvalue weighted by Gasteiger charge is 2.11. The van der Waals surface area contributed by atoms with Crippen LogP contribution in [0.15, 0.2) is 46.9 Å². The lowest BCUT2D eigenvalue weighted by atomic mass is 10.2. The highest BCUT2D eigenvalue weighted by Crippen LogP contribution is 2.25. The van der Waals surface area contributed by atoms with E-state index < -0.39 is 11.8 Å². The Morgan fingerprint density at radius 2 is 1.90 bits per heavy atom. The molecule has 154 valence electrons. The van der Waals surface area contributed by atoms with Crippen molar-refractivity contribution in [2.24, 2.45) is 0 Å². The number of thiocarbonyl (C=S) groups is 1. The van der Waals surface area contributed by atoms with Gasteiger partial charge in [-0.2, -0.15) is 0 Å². The lowest BCUT2D eigenvalue weighted by Crippen LogP contribution is -2.49. The summed E-state index contributed by atoms with van der Waals surface area (Å²) in [5, 5.41) is 2.44. The first-order valence-corrected chi connectivity index (χ1v) is 10.0. The summed E-state index contributed by atoms with van der Waals surface area (Å²) < 4.78 is 11.8. The molecule has 2 rings (SSSR count). The van der Waals surface area contributed by atoms with Gasteiger partial charge in [0.05, 0.1) is 10.6 Å². The number of hydrazine groups is 1. The molecule has 29 heavy (non-hydrogen) atoms. The molecule has 7 nitrogen and oxygen atoms in total. The van der Waals surface area contributed by atoms with Crippen molar-refractivity contribution in [2.75, 3.05) is 6.61 Å². The van der Waals surface area contributed by atoms with Crippen LogP contribution in [0.1, 0.15) is 29.8 Å². The highest BCUT2D eigenvalue weighted by molar-refractivity contribution is 9.10. The number of carbonyl (C=O) groups excluding carboxylic acids is 2. The number of ether oxygens (including phenoxy) is 2. The molecule has 0 saturated carbocycles. The Labute approximate surface area is 183 Å². The normalized spacial score (nSPS) is 10.2. The zero-order chi connectivity index (χ0) is 21.4. The largest absolute Gasteiger partial charge is 0.491 e. The van der Waals surface area contributed by atoms with Crippen molar-refractivity contribution in [2.45, 2.75) is 26.9 Å². The van der Waals surface area contributed by atoms with Crippen molar-refractivity contribution in [1.82, 2.24) is 16.2 Å². The van der Waals surface area contributed by atoms with Crippen LogP contribution in [0.3, 0.4) is 0 Å². The first-order chi connectivity index (χ1) is 13.7. The van der Waals surface area contributed by atoms with Gasteiger partial charge in [-0.1, -0.05) is 12.1 Å². The Hall–Kier alpha value is -2.65. The minimum atomic E-state index is -0.457. The van der Waals surface area contributed by atoms with Gasteiger partial charge >= 0.3 is 0 Å². The number of aryl methyl sites for hydroxylation is 1. The molecule has 0 aliphatic heterocycles. The molecule has 0 fully saturated rings. The molecule has 3 N–H and O–H groups in total. The monoisotopic (exact) mass is 479 g/mol. The number of hydrogen-bond donors (Lipinski definition) is 3. The Kier molecular flexibility index (Phi) is 8.41. The van der Waals surface area contributed by atoms with Gasteiger partial charge in [-0.25, -0.2) is 0 Å². The summed E-state index contributed by atoms with van der Waals surface area (Å²) in [4.78, 5) is 24.2. The molecule has 0 unspecified atom stereocenters. The van der Waals surface area contributed by atoms with Crippen LogP contribution in [-0.4, -0.2) is 29.6 Å². The fourth-order valence-corrected chi connectivity index (χ4v) is 2.97. The van der Waals surface area contributed by atoms with E-state index in [1.54, 1.807) is 30.3 Å². The molecule has 0 spiro atoms. The topological polar surface area (TPSA) is 88.7 Å². The molecule has 0 aliphatic rings. The zero-order valence-electron chi connectivity index (χ0n) is 16.2. The second-order valence-corrected chi connectivity index (χ2v) is 7.64. The summed E-state index contributed by atoms with van der Waals surface area (Å²) in [6.07, 6.45) is -0.00554. The Morgan fingerprint density at radius 3 is 2.59 bits per heavy atom. The predicted molar refractivity (Wildman–Crippen MR) is 118 cm³/mol. The van der Waals surface area contributed by atoms with E-state index in [0.29, 0.717) is 17.1 Å². The number of halogens is 1. The third kappa shape index (κ3) is 7.71. The smallest absolute Gasteiger partial charge is 0.276 e. The van der Waals surface area contributed by atoms with E-state index >= 15 is 0 Å². The third-order valence-corrected chi connectivity index (χ3v) is 4.28. The van der Waals surface area contributed by atoms with Gasteiger partial charge in [0, 0.05) is 5.56 Å². The van der Waals surface area contributed by atoms with E-state index in [1.807, 2.05) is 32.9 Å². The van der Waals surface area contributed by atoms with Crippen LogP contribution in [-0.2, 0) is 4.79 Å². The van der Waals surface area contributed by atoms with Gasteiger partial charge in [0.15, 0.2) is 11.7 Å². The molecule has 2 amide bonds. The molecule has 0 atom stereocenters. The average Bonchev–Trinajstić information content (AvgIpc) is 2.65. The number of nitrogens with one attached hydrogen (secondary N) is 3. The summed E-state index contributed by atoms with van der Waals surface area (Å²) >= 11 is 8.40. The van der Waals surface area contributed by atoms with Gasteiger partial charge in [-0.15, -0.1) is 0 Å². The summed E-state index contributed by atoms with van der Waals surface area (Å²) in [5.41, 5.74) is 6.28. The van der Waals surface area contributed by atoms with Crippen LogP contribution in [0.2, 0.25) is 0 Å². The first kappa shape index (κ1) is 22.6. The van der Waals surface area contributed by atoms with Gasteiger partial charge in [0.1, 0.15) is 11.5 Å². The third-order valence-electron chi connectivity index (χ3n) is 3.46. The maximum absolute atomic E-state index is 12.3. The quantitative estimate of drug-likeness (QED) is 0.435. The molecule has 0 heterocycles. The second kappa shape index (κ2) is 10.8. The average molecular weight is 480 g/mol. The summed E-state index contributed by atoms with van der Waals surface area (Å²) in [6, 6.07) is 12.3. The lowest BCUT2D eigenvalue weighted by Gasteiger charge is -2.13. The van der Waals surface area contributed by atoms with Gasteiger partial charge in [-0.3, -0.25) is 25.8 Å². The van der Waals surface area contributed by atoms with E-state index in [4.69, 9.17) is 21.7 Å². The van der Waals surface area contributed by atoms with Crippen LogP contribution in [0.25, 0.3) is 0 Å². The number of carbonyl (C=O) groups is 2. The SMILES string of the molecule is Cc1ccc(OCC(=O)NNC(=S)NC(=O)c2cccc(OC(C)C)c2)c(Br)c1. The van der Waals surface area contributed by atoms with Crippen LogP contribution in [0.5, 0.6) is 11.5 Å². The molecule has 0 aliphatic carbocycles. The molecule has 2 aromatic rings. The van der Waals surface area contributed by atoms with Crippen LogP contribution in [0, 0.1) is 6.92 Å². The number of hydrogen-bond acceptors (Lipinski definition) is 5. The van der Waals surface area contributed by atoms with E-state index in [9.17, 15) is 9.59 Å². The number of rotatable bonds is 6. The standard InChI is InChI=1S/C20H22BrN3O4S/c1-12(2)28-15-6-4-5-14(10-15)19(26)22-20(29)24-23-18(25)11-27-17-8-7-13(3)9-16(17)21/h4-10,12H,11H2,1-3H3,(H,23,25)(H2,22,24,26,29). The van der Waals surface area contributed by atoms with Gasteiger partial charge in [-0.05, 0) is 84.8 Å². The Bertz CT molecular complexity index is 905. The zero-order valence-corrected chi connectivity index (χ0v) is 18.6. The van der Waals surface area contributed by atoms with Crippen LogP contribution >= 0.6 is 28.1 Å². The molecule has 2 aromatic carbocycles. The second-order valence-electron chi connectivity index (χ2n) is 6.37. The molecule has 9 heteroatoms. The Balaban J connectivity index is 1.78. The van der Waals surface area contributed by atoms with Crippen molar-refractivity contribution in [3.8, 4) is 11.5 Å². The predicted octanol–water partition coefficient (Wildman–Crippen LogP) is 3.26. The number of benzene rings is 2. The highest BCUT2D eigenvalue weighted by atomic mass is 79.9. The van der Waals surface area contributed by atoms with E-state index in [2.05, 4.69) is 32.1 Å². The lowest BCUT2D eigenvalue weighted by molar-refractivity contribution is -0.123. The number of amides is 2. The summed E-state index contributed by atoms with van der Waals surface area (Å²) in [6.45, 7) is 5.53. The minimum absolute atomic E-state index is 0.00554. The fourth-order valence-electron chi connectivity index (χ4n) is 2.22. The maximum Gasteiger partial charge on any atom is 0.276 e. The molecule has 0 aromatic heterocycles. The summed E-state index contributed by atoms with van der Waals surface area (Å²) in [5.74, 6) is 0.247. The van der Waals surface area contributed by atoms with E-state index in [1.165, 1.54) is 0 Å². The van der Waals surface area contributed by atoms with Gasteiger partial charge in [0.2, 0.25) is 0 Å².